The van der Waals surface area contributed by atoms with Crippen molar-refractivity contribution in [2.24, 2.45) is 5.73 Å². The van der Waals surface area contributed by atoms with Gasteiger partial charge in [0.2, 0.25) is 5.91 Å². The largest absolute Gasteiger partial charge is 0.396 e. The molecule has 0 radical (unpaired) electrons. The summed E-state index contributed by atoms with van der Waals surface area (Å²) >= 11 is 12.2. The van der Waals surface area contributed by atoms with Crippen molar-refractivity contribution in [2.45, 2.75) is 12.3 Å². The Morgan fingerprint density at radius 2 is 1.73 bits per heavy atom. The van der Waals surface area contributed by atoms with E-state index in [0.29, 0.717) is 22.0 Å². The van der Waals surface area contributed by atoms with Gasteiger partial charge in [-0.25, -0.2) is 0 Å². The second-order valence-electron chi connectivity index (χ2n) is 7.06. The Morgan fingerprint density at radius 1 is 1.00 bits per heavy atom. The summed E-state index contributed by atoms with van der Waals surface area (Å²) < 4.78 is 0. The molecule has 3 N–H and O–H groups in total. The highest BCUT2D eigenvalue weighted by Crippen LogP contribution is 2.29. The van der Waals surface area contributed by atoms with Crippen LogP contribution in [0.15, 0.2) is 60.7 Å². The molecule has 0 heterocycles. The number of nitrogens with two attached hydrogens (primary N) is 1. The number of benzene rings is 3. The van der Waals surface area contributed by atoms with Crippen LogP contribution in [0.2, 0.25) is 10.0 Å². The number of rotatable bonds is 8. The Kier molecular flexibility index (Phi) is 7.32. The predicted octanol–water partition coefficient (Wildman–Crippen LogP) is 4.24. The van der Waals surface area contributed by atoms with Crippen LogP contribution < -0.4 is 5.73 Å². The van der Waals surface area contributed by atoms with Crippen LogP contribution in [0.5, 0.6) is 0 Å². The summed E-state index contributed by atoms with van der Waals surface area (Å²) in [5, 5.41) is 12.1. The molecular weight excluding hydrogens is 423 g/mol. The number of carbonyl (C=O) groups excluding carboxylic acids is 2. The summed E-state index contributed by atoms with van der Waals surface area (Å²) in [5.74, 6) is -1.16. The fourth-order valence-corrected chi connectivity index (χ4v) is 3.85. The maximum atomic E-state index is 13.4. The van der Waals surface area contributed by atoms with E-state index in [9.17, 15) is 14.7 Å². The number of primary amides is 1. The Hall–Kier alpha value is -2.60. The van der Waals surface area contributed by atoms with Crippen molar-refractivity contribution in [3.05, 3.63) is 81.8 Å². The molecule has 3 rings (SSSR count). The van der Waals surface area contributed by atoms with Gasteiger partial charge in [-0.05, 0) is 41.0 Å². The second kappa shape index (κ2) is 9.94. The van der Waals surface area contributed by atoms with Gasteiger partial charge in [0.05, 0.1) is 16.6 Å². The van der Waals surface area contributed by atoms with E-state index < -0.39 is 5.91 Å². The van der Waals surface area contributed by atoms with Crippen molar-refractivity contribution in [1.29, 1.82) is 0 Å². The molecule has 1 unspecified atom stereocenters. The highest BCUT2D eigenvalue weighted by molar-refractivity contribution is 6.42. The van der Waals surface area contributed by atoms with E-state index >= 15 is 0 Å². The summed E-state index contributed by atoms with van der Waals surface area (Å²) in [7, 11) is 0. The molecule has 0 saturated heterocycles. The number of hydrogen-bond acceptors (Lipinski definition) is 3. The van der Waals surface area contributed by atoms with Gasteiger partial charge in [0.15, 0.2) is 0 Å². The van der Waals surface area contributed by atoms with Crippen molar-refractivity contribution in [2.75, 3.05) is 19.7 Å². The third-order valence-electron chi connectivity index (χ3n) is 4.99. The summed E-state index contributed by atoms with van der Waals surface area (Å²) in [5.41, 5.74) is 6.74. The normalized spacial score (nSPS) is 12.0. The maximum Gasteiger partial charge on any atom is 0.254 e. The van der Waals surface area contributed by atoms with Crippen LogP contribution in [0.1, 0.15) is 28.3 Å². The Morgan fingerprint density at radius 3 is 2.43 bits per heavy atom. The lowest BCUT2D eigenvalue weighted by atomic mass is 9.94. The average Bonchev–Trinajstić information content (AvgIpc) is 2.73. The smallest absolute Gasteiger partial charge is 0.254 e. The molecule has 156 valence electrons. The number of aliphatic hydroxyl groups excluding tert-OH is 1. The van der Waals surface area contributed by atoms with Crippen LogP contribution >= 0.6 is 23.2 Å². The Balaban J connectivity index is 1.96. The molecule has 0 bridgehead atoms. The van der Waals surface area contributed by atoms with Crippen LogP contribution in [-0.4, -0.2) is 41.5 Å². The fourth-order valence-electron chi connectivity index (χ4n) is 3.54. The van der Waals surface area contributed by atoms with Crippen LogP contribution in [0.4, 0.5) is 0 Å². The molecule has 1 atom stereocenters. The van der Waals surface area contributed by atoms with Gasteiger partial charge in [0.25, 0.3) is 5.91 Å². The van der Waals surface area contributed by atoms with Gasteiger partial charge >= 0.3 is 0 Å². The molecule has 0 aromatic heterocycles. The fraction of sp³-hybridized carbons (Fsp3) is 0.217. The molecule has 0 saturated carbocycles. The highest BCUT2D eigenvalue weighted by Gasteiger charge is 2.24. The van der Waals surface area contributed by atoms with E-state index in [1.807, 2.05) is 36.4 Å². The quantitative estimate of drug-likeness (QED) is 0.544. The summed E-state index contributed by atoms with van der Waals surface area (Å²) in [6.07, 6.45) is 0.385. The van der Waals surface area contributed by atoms with E-state index in [-0.39, 0.29) is 31.5 Å². The molecule has 0 aliphatic heterocycles. The number of halogens is 2. The van der Waals surface area contributed by atoms with Crippen LogP contribution in [0.3, 0.4) is 0 Å². The summed E-state index contributed by atoms with van der Waals surface area (Å²) in [6, 6.07) is 18.2. The molecule has 3 aromatic carbocycles. The predicted molar refractivity (Wildman–Crippen MR) is 120 cm³/mol. The van der Waals surface area contributed by atoms with Gasteiger partial charge in [-0.2, -0.15) is 0 Å². The summed E-state index contributed by atoms with van der Waals surface area (Å²) in [4.78, 5) is 26.5. The molecule has 7 heteroatoms. The molecule has 0 fully saturated rings. The van der Waals surface area contributed by atoms with Crippen molar-refractivity contribution in [3.63, 3.8) is 0 Å². The number of fused-ring (bicyclic) bond motifs is 1. The van der Waals surface area contributed by atoms with Crippen LogP contribution in [-0.2, 0) is 4.79 Å². The minimum absolute atomic E-state index is 0.0855. The molecule has 30 heavy (non-hydrogen) atoms. The second-order valence-corrected chi connectivity index (χ2v) is 7.88. The molecule has 0 spiro atoms. The van der Waals surface area contributed by atoms with E-state index in [1.54, 1.807) is 24.3 Å². The molecule has 2 amide bonds. The van der Waals surface area contributed by atoms with Gasteiger partial charge in [-0.1, -0.05) is 65.7 Å². The van der Waals surface area contributed by atoms with Crippen molar-refractivity contribution in [1.82, 2.24) is 4.90 Å². The number of hydrogen-bond donors (Lipinski definition) is 2. The van der Waals surface area contributed by atoms with Gasteiger partial charge in [0, 0.05) is 24.6 Å². The topological polar surface area (TPSA) is 83.6 Å². The number of amides is 2. The van der Waals surface area contributed by atoms with Gasteiger partial charge in [0.1, 0.15) is 0 Å². The first-order valence-electron chi connectivity index (χ1n) is 9.52. The standard InChI is InChI=1S/C23H22Cl2N2O3/c24-20-9-8-16(12-21(20)25)17(10-11-28)13-27(14-22(26)29)23(30)19-7-3-5-15-4-1-2-6-18(15)19/h1-9,12,17,28H,10-11,13-14H2,(H2,26,29). The third kappa shape index (κ3) is 5.11. The molecule has 0 aliphatic carbocycles. The molecule has 5 nitrogen and oxygen atoms in total. The van der Waals surface area contributed by atoms with Gasteiger partial charge < -0.3 is 15.7 Å². The number of carbonyl (C=O) groups is 2. The summed E-state index contributed by atoms with van der Waals surface area (Å²) in [6.45, 7) is -0.118. The number of nitrogens with zero attached hydrogens (tertiary/aromatic N) is 1. The Labute approximate surface area is 185 Å². The average molecular weight is 445 g/mol. The molecule has 0 aliphatic rings. The Bertz CT molecular complexity index is 1070. The zero-order valence-electron chi connectivity index (χ0n) is 16.2. The van der Waals surface area contributed by atoms with Crippen LogP contribution in [0, 0.1) is 0 Å². The lowest BCUT2D eigenvalue weighted by Gasteiger charge is -2.27. The van der Waals surface area contributed by atoms with Crippen LogP contribution in [0.25, 0.3) is 10.8 Å². The van der Waals surface area contributed by atoms with Crippen molar-refractivity contribution >= 4 is 45.8 Å². The van der Waals surface area contributed by atoms with Gasteiger partial charge in [-0.3, -0.25) is 9.59 Å². The van der Waals surface area contributed by atoms with E-state index in [1.165, 1.54) is 4.90 Å². The lowest BCUT2D eigenvalue weighted by molar-refractivity contribution is -0.118. The molecular formula is C23H22Cl2N2O3. The van der Waals surface area contributed by atoms with E-state index in [4.69, 9.17) is 28.9 Å². The monoisotopic (exact) mass is 444 g/mol. The molecule has 3 aromatic rings. The first kappa shape index (κ1) is 22.1. The lowest BCUT2D eigenvalue weighted by Crippen LogP contribution is -2.41. The third-order valence-corrected chi connectivity index (χ3v) is 5.73. The number of aliphatic hydroxyl groups is 1. The first-order valence-corrected chi connectivity index (χ1v) is 10.3. The van der Waals surface area contributed by atoms with E-state index in [2.05, 4.69) is 0 Å². The van der Waals surface area contributed by atoms with Gasteiger partial charge in [-0.15, -0.1) is 0 Å². The zero-order chi connectivity index (χ0) is 21.7. The minimum Gasteiger partial charge on any atom is -0.396 e. The maximum absolute atomic E-state index is 13.4. The van der Waals surface area contributed by atoms with Crippen molar-refractivity contribution in [3.8, 4) is 0 Å². The van der Waals surface area contributed by atoms with Crippen molar-refractivity contribution < 1.29 is 14.7 Å². The first-order chi connectivity index (χ1) is 14.4. The zero-order valence-corrected chi connectivity index (χ0v) is 17.7. The highest BCUT2D eigenvalue weighted by atomic mass is 35.5. The van der Waals surface area contributed by atoms with E-state index in [0.717, 1.165) is 16.3 Å². The minimum atomic E-state index is -0.611. The SMILES string of the molecule is NC(=O)CN(CC(CCO)c1ccc(Cl)c(Cl)c1)C(=O)c1cccc2ccccc12.